The van der Waals surface area contributed by atoms with Crippen molar-refractivity contribution in [2.75, 3.05) is 5.84 Å². The van der Waals surface area contributed by atoms with Gasteiger partial charge in [-0.15, -0.1) is 23.1 Å². The molecule has 0 bridgehead atoms. The lowest BCUT2D eigenvalue weighted by Gasteiger charge is -2.29. The third-order valence-electron chi connectivity index (χ3n) is 5.63. The summed E-state index contributed by atoms with van der Waals surface area (Å²) in [4.78, 5) is 20.1. The fourth-order valence-corrected chi connectivity index (χ4v) is 7.16. The molecule has 30 heavy (non-hydrogen) atoms. The molecule has 6 heteroatoms. The standard InChI is InChI=1S/C24H23N3OS2/c1-14(2)22-26-23-19(24(28)27(22)25)17-13-18(15-9-5-3-6-10-15)29-20(21(17)30-23)16-11-7-4-8-12-16/h3-12,14,18,20H,13,25H2,1-2H3/t18-,20-/m1/s1. The van der Waals surface area contributed by atoms with Gasteiger partial charge in [-0.1, -0.05) is 74.5 Å². The van der Waals surface area contributed by atoms with Gasteiger partial charge in [-0.2, -0.15) is 0 Å². The van der Waals surface area contributed by atoms with Crippen LogP contribution in [0.5, 0.6) is 0 Å². The highest BCUT2D eigenvalue weighted by atomic mass is 32.2. The average Bonchev–Trinajstić information content (AvgIpc) is 3.15. The molecule has 2 atom stereocenters. The SMILES string of the molecule is CC(C)c1nc2sc3c(c2c(=O)n1N)C[C@H](c1ccccc1)S[C@@H]3c1ccccc1. The molecule has 0 saturated carbocycles. The van der Waals surface area contributed by atoms with Gasteiger partial charge in [-0.05, 0) is 23.1 Å². The maximum atomic E-state index is 13.3. The molecule has 4 aromatic rings. The first-order valence-electron chi connectivity index (χ1n) is 10.1. The topological polar surface area (TPSA) is 60.9 Å². The van der Waals surface area contributed by atoms with Crippen molar-refractivity contribution in [3.63, 3.8) is 0 Å². The summed E-state index contributed by atoms with van der Waals surface area (Å²) in [6.45, 7) is 4.02. The molecule has 0 radical (unpaired) electrons. The fraction of sp³-hybridized carbons (Fsp3) is 0.250. The van der Waals surface area contributed by atoms with Crippen molar-refractivity contribution in [2.24, 2.45) is 0 Å². The van der Waals surface area contributed by atoms with Crippen molar-refractivity contribution in [2.45, 2.75) is 36.7 Å². The number of hydrogen-bond acceptors (Lipinski definition) is 5. The zero-order chi connectivity index (χ0) is 20.8. The van der Waals surface area contributed by atoms with Gasteiger partial charge < -0.3 is 5.84 Å². The number of thiophene rings is 1. The quantitative estimate of drug-likeness (QED) is 0.439. The van der Waals surface area contributed by atoms with Crippen LogP contribution in [0, 0.1) is 0 Å². The first-order valence-corrected chi connectivity index (χ1v) is 11.9. The predicted molar refractivity (Wildman–Crippen MR) is 127 cm³/mol. The number of nitrogens with zero attached hydrogens (tertiary/aromatic N) is 2. The van der Waals surface area contributed by atoms with Crippen LogP contribution < -0.4 is 11.4 Å². The van der Waals surface area contributed by atoms with E-state index in [0.29, 0.717) is 11.2 Å². The third-order valence-corrected chi connectivity index (χ3v) is 8.52. The molecule has 0 unspecified atom stereocenters. The molecule has 2 N–H and O–H groups in total. The number of fused-ring (bicyclic) bond motifs is 3. The first kappa shape index (κ1) is 19.4. The van der Waals surface area contributed by atoms with Gasteiger partial charge in [0.25, 0.3) is 5.56 Å². The third kappa shape index (κ3) is 3.15. The van der Waals surface area contributed by atoms with E-state index in [0.717, 1.165) is 16.8 Å². The molecule has 0 saturated heterocycles. The van der Waals surface area contributed by atoms with Crippen LogP contribution in [0.4, 0.5) is 0 Å². The molecule has 5 rings (SSSR count). The summed E-state index contributed by atoms with van der Waals surface area (Å²) in [5.74, 6) is 6.89. The summed E-state index contributed by atoms with van der Waals surface area (Å²) >= 11 is 3.61. The minimum absolute atomic E-state index is 0.0857. The molecular formula is C24H23N3OS2. The normalized spacial score (nSPS) is 18.6. The van der Waals surface area contributed by atoms with Gasteiger partial charge in [-0.25, -0.2) is 9.66 Å². The Labute approximate surface area is 183 Å². The van der Waals surface area contributed by atoms with Gasteiger partial charge in [0, 0.05) is 16.0 Å². The van der Waals surface area contributed by atoms with Gasteiger partial charge in [-0.3, -0.25) is 4.79 Å². The summed E-state index contributed by atoms with van der Waals surface area (Å²) < 4.78 is 1.25. The minimum atomic E-state index is -0.133. The first-order chi connectivity index (χ1) is 14.5. The molecule has 2 aromatic carbocycles. The molecular weight excluding hydrogens is 410 g/mol. The van der Waals surface area contributed by atoms with E-state index in [1.807, 2.05) is 37.7 Å². The van der Waals surface area contributed by atoms with Gasteiger partial charge >= 0.3 is 0 Å². The Hall–Kier alpha value is -2.57. The van der Waals surface area contributed by atoms with E-state index in [1.54, 1.807) is 11.3 Å². The lowest BCUT2D eigenvalue weighted by atomic mass is 9.98. The Morgan fingerprint density at radius 1 is 1.03 bits per heavy atom. The molecule has 1 aliphatic rings. The van der Waals surface area contributed by atoms with E-state index >= 15 is 0 Å². The van der Waals surface area contributed by atoms with Crippen LogP contribution in [0.1, 0.15) is 57.7 Å². The maximum Gasteiger partial charge on any atom is 0.280 e. The molecule has 0 fully saturated rings. The number of benzene rings is 2. The highest BCUT2D eigenvalue weighted by molar-refractivity contribution is 8.00. The summed E-state index contributed by atoms with van der Waals surface area (Å²) in [5, 5.41) is 1.15. The average molecular weight is 434 g/mol. The van der Waals surface area contributed by atoms with Crippen LogP contribution in [0.2, 0.25) is 0 Å². The van der Waals surface area contributed by atoms with Crippen LogP contribution in [0.3, 0.4) is 0 Å². The minimum Gasteiger partial charge on any atom is -0.335 e. The maximum absolute atomic E-state index is 13.3. The molecule has 0 amide bonds. The predicted octanol–water partition coefficient (Wildman–Crippen LogP) is 5.42. The molecule has 2 aromatic heterocycles. The molecule has 0 spiro atoms. The smallest absolute Gasteiger partial charge is 0.280 e. The molecule has 3 heterocycles. The van der Waals surface area contributed by atoms with Gasteiger partial charge in [0.1, 0.15) is 10.7 Å². The highest BCUT2D eigenvalue weighted by Gasteiger charge is 2.34. The lowest BCUT2D eigenvalue weighted by molar-refractivity contribution is 0.704. The second kappa shape index (κ2) is 7.60. The van der Waals surface area contributed by atoms with Crippen LogP contribution in [0.25, 0.3) is 10.2 Å². The molecule has 4 nitrogen and oxygen atoms in total. The Morgan fingerprint density at radius 2 is 1.67 bits per heavy atom. The summed E-state index contributed by atoms with van der Waals surface area (Å²) in [6, 6.07) is 21.1. The second-order valence-electron chi connectivity index (χ2n) is 7.96. The van der Waals surface area contributed by atoms with Crippen molar-refractivity contribution >= 4 is 33.3 Å². The van der Waals surface area contributed by atoms with Crippen molar-refractivity contribution < 1.29 is 0 Å². The summed E-state index contributed by atoms with van der Waals surface area (Å²) in [5.41, 5.74) is 3.52. The molecule has 152 valence electrons. The summed E-state index contributed by atoms with van der Waals surface area (Å²) in [6.07, 6.45) is 0.811. The largest absolute Gasteiger partial charge is 0.335 e. The van der Waals surface area contributed by atoms with E-state index < -0.39 is 0 Å². The van der Waals surface area contributed by atoms with Gasteiger partial charge in [0.05, 0.1) is 10.6 Å². The van der Waals surface area contributed by atoms with E-state index in [2.05, 4.69) is 48.5 Å². The Morgan fingerprint density at radius 3 is 2.30 bits per heavy atom. The van der Waals surface area contributed by atoms with Crippen LogP contribution >= 0.6 is 23.1 Å². The number of hydrogen-bond donors (Lipinski definition) is 1. The number of thioether (sulfide) groups is 1. The van der Waals surface area contributed by atoms with Crippen LogP contribution in [0.15, 0.2) is 65.5 Å². The fourth-order valence-electron chi connectivity index (χ4n) is 4.15. The summed E-state index contributed by atoms with van der Waals surface area (Å²) in [7, 11) is 0. The second-order valence-corrected chi connectivity index (χ2v) is 10.3. The Balaban J connectivity index is 1.75. The zero-order valence-electron chi connectivity index (χ0n) is 16.9. The number of aromatic nitrogens is 2. The van der Waals surface area contributed by atoms with Crippen molar-refractivity contribution in [3.8, 4) is 0 Å². The van der Waals surface area contributed by atoms with Crippen molar-refractivity contribution in [1.82, 2.24) is 9.66 Å². The zero-order valence-corrected chi connectivity index (χ0v) is 18.5. The van der Waals surface area contributed by atoms with E-state index in [9.17, 15) is 4.79 Å². The van der Waals surface area contributed by atoms with Crippen LogP contribution in [-0.4, -0.2) is 9.66 Å². The van der Waals surface area contributed by atoms with E-state index in [-0.39, 0.29) is 22.0 Å². The van der Waals surface area contributed by atoms with Gasteiger partial charge in [0.15, 0.2) is 0 Å². The number of rotatable bonds is 3. The number of nitrogens with two attached hydrogens (primary N) is 1. The number of nitrogen functional groups attached to an aromatic ring is 1. The Kier molecular flexibility index (Phi) is 4.91. The Bertz CT molecular complexity index is 1260. The molecule has 1 aliphatic heterocycles. The molecule has 0 aliphatic carbocycles. The van der Waals surface area contributed by atoms with E-state index in [1.165, 1.54) is 20.7 Å². The van der Waals surface area contributed by atoms with Crippen molar-refractivity contribution in [3.05, 3.63) is 98.4 Å². The van der Waals surface area contributed by atoms with E-state index in [4.69, 9.17) is 10.8 Å². The van der Waals surface area contributed by atoms with Crippen LogP contribution in [-0.2, 0) is 6.42 Å². The monoisotopic (exact) mass is 433 g/mol. The van der Waals surface area contributed by atoms with Crippen molar-refractivity contribution in [1.29, 1.82) is 0 Å². The lowest BCUT2D eigenvalue weighted by Crippen LogP contribution is -2.32. The highest BCUT2D eigenvalue weighted by Crippen LogP contribution is 2.54. The van der Waals surface area contributed by atoms with Gasteiger partial charge in [0.2, 0.25) is 0 Å².